The number of halogens is 6. The number of hydrogen-bond donors (Lipinski definition) is 0. The molecule has 0 bridgehead atoms. The van der Waals surface area contributed by atoms with Crippen molar-refractivity contribution in [3.63, 3.8) is 0 Å². The minimum Gasteiger partial charge on any atom is -0.497 e. The van der Waals surface area contributed by atoms with Gasteiger partial charge >= 0.3 is 18.4 Å². The van der Waals surface area contributed by atoms with E-state index in [-0.39, 0.29) is 21.2 Å². The molecule has 8 nitrogen and oxygen atoms in total. The fourth-order valence-corrected chi connectivity index (χ4v) is 3.37. The lowest BCUT2D eigenvalue weighted by molar-refractivity contribution is -0.384. The second kappa shape index (κ2) is 8.26. The summed E-state index contributed by atoms with van der Waals surface area (Å²) >= 11 is 0. The summed E-state index contributed by atoms with van der Waals surface area (Å²) in [5, 5.41) is 10.8. The smallest absolute Gasteiger partial charge is 0.403 e. The van der Waals surface area contributed by atoms with E-state index >= 15 is 0 Å². The highest BCUT2D eigenvalue weighted by Gasteiger charge is 2.67. The van der Waals surface area contributed by atoms with Crippen LogP contribution in [0.25, 0.3) is 0 Å². The number of non-ortho nitro benzene ring substituents is 1. The normalized spacial score (nSPS) is 17.2. The Morgan fingerprint density at radius 2 is 1.39 bits per heavy atom. The van der Waals surface area contributed by atoms with Gasteiger partial charge in [-0.3, -0.25) is 19.8 Å². The average Bonchev–Trinajstić information content (AvgIpc) is 2.96. The van der Waals surface area contributed by atoms with Gasteiger partial charge in [0.1, 0.15) is 11.8 Å². The minimum atomic E-state index is -5.94. The number of nitro groups is 1. The van der Waals surface area contributed by atoms with Crippen molar-refractivity contribution in [1.29, 1.82) is 0 Å². The van der Waals surface area contributed by atoms with Crippen LogP contribution in [-0.2, 0) is 4.79 Å². The monoisotopic (exact) mass is 477 g/mol. The summed E-state index contributed by atoms with van der Waals surface area (Å²) in [5.41, 5.74) is -1.37. The van der Waals surface area contributed by atoms with Crippen LogP contribution in [0.5, 0.6) is 5.75 Å². The molecule has 0 aliphatic carbocycles. The number of alkyl halides is 6. The van der Waals surface area contributed by atoms with Crippen LogP contribution in [0.4, 0.5) is 48.2 Å². The zero-order valence-electron chi connectivity index (χ0n) is 16.4. The molecule has 33 heavy (non-hydrogen) atoms. The molecule has 3 rings (SSSR count). The maximum Gasteiger partial charge on any atom is 0.403 e. The maximum absolute atomic E-state index is 13.5. The molecule has 1 unspecified atom stereocenters. The van der Waals surface area contributed by atoms with Gasteiger partial charge in [-0.15, -0.1) is 0 Å². The summed E-state index contributed by atoms with van der Waals surface area (Å²) in [6.07, 6.45) is -11.9. The molecule has 0 N–H and O–H groups in total. The quantitative estimate of drug-likeness (QED) is 0.270. The Morgan fingerprint density at radius 3 is 1.82 bits per heavy atom. The van der Waals surface area contributed by atoms with Crippen LogP contribution in [-0.4, -0.2) is 42.4 Å². The first kappa shape index (κ1) is 23.8. The number of methoxy groups -OCH3 is 1. The van der Waals surface area contributed by atoms with Gasteiger partial charge in [0.15, 0.2) is 5.92 Å². The Balaban J connectivity index is 2.18. The van der Waals surface area contributed by atoms with E-state index < -0.39 is 52.5 Å². The maximum atomic E-state index is 13.5. The lowest BCUT2D eigenvalue weighted by Gasteiger charge is -2.31. The van der Waals surface area contributed by atoms with Crippen LogP contribution < -0.4 is 14.5 Å². The molecule has 1 fully saturated rings. The third kappa shape index (κ3) is 4.40. The third-order valence-corrected chi connectivity index (χ3v) is 4.84. The molecular weight excluding hydrogens is 464 g/mol. The average molecular weight is 477 g/mol. The van der Waals surface area contributed by atoms with Crippen molar-refractivity contribution in [2.45, 2.75) is 18.4 Å². The Kier molecular flexibility index (Phi) is 5.96. The fourth-order valence-electron chi connectivity index (χ4n) is 3.37. The van der Waals surface area contributed by atoms with E-state index in [4.69, 9.17) is 4.74 Å². The number of amides is 3. The first-order valence-electron chi connectivity index (χ1n) is 8.96. The molecule has 0 radical (unpaired) electrons. The minimum absolute atomic E-state index is 0.0436. The summed E-state index contributed by atoms with van der Waals surface area (Å²) in [7, 11) is 1.30. The van der Waals surface area contributed by atoms with Crippen LogP contribution in [0, 0.1) is 16.0 Å². The molecule has 0 saturated carbocycles. The van der Waals surface area contributed by atoms with Gasteiger partial charge in [0.2, 0.25) is 0 Å². The number of hydrogen-bond acceptors (Lipinski definition) is 5. The molecule has 1 saturated heterocycles. The van der Waals surface area contributed by atoms with E-state index in [2.05, 4.69) is 0 Å². The molecule has 14 heteroatoms. The lowest BCUT2D eigenvalue weighted by atomic mass is 9.96. The van der Waals surface area contributed by atoms with Crippen LogP contribution in [0.2, 0.25) is 0 Å². The number of rotatable bonds is 5. The molecule has 3 amide bonds. The fraction of sp³-hybridized carbons (Fsp3) is 0.263. The Hall–Kier alpha value is -3.84. The third-order valence-electron chi connectivity index (χ3n) is 4.84. The van der Waals surface area contributed by atoms with E-state index in [1.165, 1.54) is 19.2 Å². The van der Waals surface area contributed by atoms with E-state index in [1.54, 1.807) is 0 Å². The summed E-state index contributed by atoms with van der Waals surface area (Å²) in [5.74, 6) is -5.71. The zero-order chi connectivity index (χ0) is 24.7. The highest BCUT2D eigenvalue weighted by Crippen LogP contribution is 2.47. The van der Waals surface area contributed by atoms with Crippen molar-refractivity contribution in [3.8, 4) is 5.75 Å². The predicted molar refractivity (Wildman–Crippen MR) is 101 cm³/mol. The Morgan fingerprint density at radius 1 is 0.909 bits per heavy atom. The van der Waals surface area contributed by atoms with Crippen LogP contribution in [0.15, 0.2) is 48.5 Å². The predicted octanol–water partition coefficient (Wildman–Crippen LogP) is 4.69. The van der Waals surface area contributed by atoms with Gasteiger partial charge in [-0.25, -0.2) is 9.69 Å². The number of nitrogens with zero attached hydrogens (tertiary/aromatic N) is 3. The number of imide groups is 1. The number of anilines is 2. The summed E-state index contributed by atoms with van der Waals surface area (Å²) in [6, 6.07) is 3.38. The SMILES string of the molecule is COc1ccc(N2C(=O)C(C(C(F)(F)F)C(F)(F)F)N(c3ccc([N+](=O)[O-])cc3)C2=O)cc1. The molecule has 2 aromatic rings. The number of benzene rings is 2. The summed E-state index contributed by atoms with van der Waals surface area (Å²) < 4.78 is 86.0. The molecule has 176 valence electrons. The molecule has 0 aromatic heterocycles. The van der Waals surface area contributed by atoms with Crippen molar-refractivity contribution >= 4 is 29.0 Å². The van der Waals surface area contributed by atoms with Crippen molar-refractivity contribution < 1.29 is 45.6 Å². The van der Waals surface area contributed by atoms with E-state index in [1.807, 2.05) is 0 Å². The second-order valence-electron chi connectivity index (χ2n) is 6.80. The largest absolute Gasteiger partial charge is 0.497 e. The van der Waals surface area contributed by atoms with Gasteiger partial charge in [0, 0.05) is 17.8 Å². The number of ether oxygens (including phenoxy) is 1. The van der Waals surface area contributed by atoms with Crippen molar-refractivity contribution in [2.75, 3.05) is 16.9 Å². The Labute approximate surface area is 181 Å². The first-order valence-corrected chi connectivity index (χ1v) is 8.96. The number of carbonyl (C=O) groups is 2. The second-order valence-corrected chi connectivity index (χ2v) is 6.80. The molecule has 1 aliphatic heterocycles. The van der Waals surface area contributed by atoms with Gasteiger partial charge in [-0.05, 0) is 36.4 Å². The highest BCUT2D eigenvalue weighted by atomic mass is 19.4. The molecule has 1 atom stereocenters. The van der Waals surface area contributed by atoms with Crippen molar-refractivity contribution in [1.82, 2.24) is 0 Å². The van der Waals surface area contributed by atoms with Crippen molar-refractivity contribution in [2.24, 2.45) is 5.92 Å². The van der Waals surface area contributed by atoms with Gasteiger partial charge < -0.3 is 4.74 Å². The van der Waals surface area contributed by atoms with Crippen LogP contribution >= 0.6 is 0 Å². The first-order chi connectivity index (χ1) is 15.3. The summed E-state index contributed by atoms with van der Waals surface area (Å²) in [6.45, 7) is 0. The van der Waals surface area contributed by atoms with Crippen LogP contribution in [0.3, 0.4) is 0 Å². The summed E-state index contributed by atoms with van der Waals surface area (Å²) in [4.78, 5) is 36.1. The molecule has 1 aliphatic rings. The topological polar surface area (TPSA) is 93.0 Å². The van der Waals surface area contributed by atoms with E-state index in [0.29, 0.717) is 0 Å². The molecule has 0 spiro atoms. The van der Waals surface area contributed by atoms with Crippen LogP contribution in [0.1, 0.15) is 0 Å². The zero-order valence-corrected chi connectivity index (χ0v) is 16.4. The number of carbonyl (C=O) groups excluding carboxylic acids is 2. The Bertz CT molecular complexity index is 1060. The standard InChI is InChI=1S/C19H13F6N3O5/c1-33-13-8-6-11(7-9-13)27-16(29)14(15(18(20,21)22)19(23,24)25)26(17(27)30)10-2-4-12(5-3-10)28(31)32/h2-9,14-15H,1H3. The lowest BCUT2D eigenvalue weighted by Crippen LogP contribution is -2.53. The van der Waals surface area contributed by atoms with Gasteiger partial charge in [0.25, 0.3) is 11.6 Å². The number of nitro benzene ring substituents is 1. The molecule has 2 aromatic carbocycles. The van der Waals surface area contributed by atoms with Crippen molar-refractivity contribution in [3.05, 3.63) is 58.6 Å². The number of urea groups is 1. The van der Waals surface area contributed by atoms with E-state index in [0.717, 1.165) is 36.4 Å². The van der Waals surface area contributed by atoms with Gasteiger partial charge in [-0.1, -0.05) is 0 Å². The molecular formula is C19H13F6N3O5. The van der Waals surface area contributed by atoms with Gasteiger partial charge in [-0.2, -0.15) is 26.3 Å². The highest BCUT2D eigenvalue weighted by molar-refractivity contribution is 6.28. The van der Waals surface area contributed by atoms with Gasteiger partial charge in [0.05, 0.1) is 17.7 Å². The van der Waals surface area contributed by atoms with E-state index in [9.17, 15) is 46.0 Å². The molecule has 1 heterocycles.